The van der Waals surface area contributed by atoms with E-state index in [4.69, 9.17) is 9.47 Å². The zero-order chi connectivity index (χ0) is 20.7. The number of rotatable bonds is 3. The molecule has 30 heavy (non-hydrogen) atoms. The lowest BCUT2D eigenvalue weighted by atomic mass is 9.75. The molecular weight excluding hydrogens is 396 g/mol. The van der Waals surface area contributed by atoms with Crippen LogP contribution < -0.4 is 9.80 Å². The third kappa shape index (κ3) is 3.77. The van der Waals surface area contributed by atoms with Gasteiger partial charge in [0.05, 0.1) is 36.3 Å². The maximum absolute atomic E-state index is 13.0. The molecule has 1 aliphatic carbocycles. The quantitative estimate of drug-likeness (QED) is 0.734. The Morgan fingerprint density at radius 3 is 2.30 bits per heavy atom. The van der Waals surface area contributed by atoms with Gasteiger partial charge in [0.1, 0.15) is 0 Å². The molecule has 3 heterocycles. The number of carbonyl (C=O) groups excluding carboxylic acids is 1. The Kier molecular flexibility index (Phi) is 5.33. The van der Waals surface area contributed by atoms with Gasteiger partial charge in [0.15, 0.2) is 5.78 Å². The minimum atomic E-state index is 0.00397. The van der Waals surface area contributed by atoms with Crippen LogP contribution in [0.15, 0.2) is 24.3 Å². The van der Waals surface area contributed by atoms with E-state index < -0.39 is 0 Å². The molecule has 0 N–H and O–H groups in total. The van der Waals surface area contributed by atoms with Crippen molar-refractivity contribution in [2.45, 2.75) is 26.7 Å². The Morgan fingerprint density at radius 2 is 1.60 bits per heavy atom. The standard InChI is InChI=1S/C24H30N2O3S/c1-24(2)15-19-21(17-4-3-5-18(14-17)25-6-10-28-11-7-25)23(26-8-12-29-13-9-26)30-22(19)20(27)16-24/h3-5,14H,6-13,15-16H2,1-2H3. The molecule has 0 atom stereocenters. The van der Waals surface area contributed by atoms with Crippen LogP contribution in [0.4, 0.5) is 10.7 Å². The summed E-state index contributed by atoms with van der Waals surface area (Å²) in [5.41, 5.74) is 4.99. The Balaban J connectivity index is 1.62. The SMILES string of the molecule is CC1(C)CC(=O)c2sc(N3CCOCC3)c(-c3cccc(N4CCOCC4)c3)c2C1. The second kappa shape index (κ2) is 7.98. The van der Waals surface area contributed by atoms with Gasteiger partial charge in [0.2, 0.25) is 0 Å². The van der Waals surface area contributed by atoms with Gasteiger partial charge in [0, 0.05) is 43.9 Å². The van der Waals surface area contributed by atoms with Crippen LogP contribution in [0.2, 0.25) is 0 Å². The van der Waals surface area contributed by atoms with Crippen LogP contribution in [0.25, 0.3) is 11.1 Å². The maximum Gasteiger partial charge on any atom is 0.173 e. The van der Waals surface area contributed by atoms with Crippen LogP contribution in [0, 0.1) is 5.41 Å². The molecule has 0 amide bonds. The van der Waals surface area contributed by atoms with Gasteiger partial charge in [-0.1, -0.05) is 26.0 Å². The second-order valence-corrected chi connectivity index (χ2v) is 10.3. The van der Waals surface area contributed by atoms with Crippen molar-refractivity contribution >= 4 is 27.8 Å². The van der Waals surface area contributed by atoms with Crippen molar-refractivity contribution in [2.24, 2.45) is 5.41 Å². The molecule has 1 aromatic heterocycles. The summed E-state index contributed by atoms with van der Waals surface area (Å²) in [5, 5.41) is 1.24. The van der Waals surface area contributed by atoms with Gasteiger partial charge >= 0.3 is 0 Å². The highest BCUT2D eigenvalue weighted by Crippen LogP contribution is 2.49. The van der Waals surface area contributed by atoms with E-state index in [1.807, 2.05) is 0 Å². The fraction of sp³-hybridized carbons (Fsp3) is 0.542. The molecule has 2 saturated heterocycles. The van der Waals surface area contributed by atoms with Gasteiger partial charge in [-0.3, -0.25) is 4.79 Å². The topological polar surface area (TPSA) is 42.0 Å². The molecular formula is C24H30N2O3S. The van der Waals surface area contributed by atoms with E-state index in [2.05, 4.69) is 47.9 Å². The van der Waals surface area contributed by atoms with Crippen molar-refractivity contribution in [2.75, 3.05) is 62.4 Å². The summed E-state index contributed by atoms with van der Waals surface area (Å²) in [6.45, 7) is 11.1. The van der Waals surface area contributed by atoms with Gasteiger partial charge in [0.25, 0.3) is 0 Å². The van der Waals surface area contributed by atoms with E-state index in [0.717, 1.165) is 63.9 Å². The number of anilines is 2. The van der Waals surface area contributed by atoms with Gasteiger partial charge in [-0.25, -0.2) is 0 Å². The lowest BCUT2D eigenvalue weighted by Crippen LogP contribution is -2.36. The Hall–Kier alpha value is -1.89. The van der Waals surface area contributed by atoms with Gasteiger partial charge < -0.3 is 19.3 Å². The van der Waals surface area contributed by atoms with E-state index in [0.29, 0.717) is 12.2 Å². The van der Waals surface area contributed by atoms with Crippen molar-refractivity contribution < 1.29 is 14.3 Å². The van der Waals surface area contributed by atoms with Gasteiger partial charge in [-0.05, 0) is 35.1 Å². The van der Waals surface area contributed by atoms with Crippen molar-refractivity contribution in [3.63, 3.8) is 0 Å². The molecule has 2 fully saturated rings. The molecule has 0 unspecified atom stereocenters. The maximum atomic E-state index is 13.0. The molecule has 2 aliphatic heterocycles. The molecule has 0 radical (unpaired) electrons. The first-order valence-electron chi connectivity index (χ1n) is 11.0. The second-order valence-electron chi connectivity index (χ2n) is 9.28. The lowest BCUT2D eigenvalue weighted by Gasteiger charge is -2.31. The third-order valence-corrected chi connectivity index (χ3v) is 7.68. The van der Waals surface area contributed by atoms with E-state index in [9.17, 15) is 4.79 Å². The molecule has 0 saturated carbocycles. The highest BCUT2D eigenvalue weighted by Gasteiger charge is 2.37. The number of thiophene rings is 1. The third-order valence-electron chi connectivity index (χ3n) is 6.35. The first-order valence-corrected chi connectivity index (χ1v) is 11.8. The first-order chi connectivity index (χ1) is 14.5. The lowest BCUT2D eigenvalue weighted by molar-refractivity contribution is 0.0918. The fourth-order valence-corrected chi connectivity index (χ4v) is 6.20. The van der Waals surface area contributed by atoms with Crippen LogP contribution in [-0.2, 0) is 15.9 Å². The van der Waals surface area contributed by atoms with E-state index in [-0.39, 0.29) is 5.41 Å². The van der Waals surface area contributed by atoms with Crippen molar-refractivity contribution in [1.82, 2.24) is 0 Å². The average Bonchev–Trinajstić information content (AvgIpc) is 3.14. The minimum absolute atomic E-state index is 0.00397. The number of Topliss-reactive ketones (excluding diaryl/α,β-unsaturated/α-hetero) is 1. The summed E-state index contributed by atoms with van der Waals surface area (Å²) in [6, 6.07) is 8.87. The number of hydrogen-bond acceptors (Lipinski definition) is 6. The van der Waals surface area contributed by atoms with E-state index >= 15 is 0 Å². The minimum Gasteiger partial charge on any atom is -0.378 e. The number of fused-ring (bicyclic) bond motifs is 1. The molecule has 2 aromatic rings. The number of benzene rings is 1. The summed E-state index contributed by atoms with van der Waals surface area (Å²) in [6.07, 6.45) is 1.59. The van der Waals surface area contributed by atoms with Crippen LogP contribution in [0.1, 0.15) is 35.5 Å². The summed E-state index contributed by atoms with van der Waals surface area (Å²) in [5.74, 6) is 0.302. The number of carbonyl (C=O) groups is 1. The Labute approximate surface area is 182 Å². The molecule has 0 spiro atoms. The van der Waals surface area contributed by atoms with Gasteiger partial charge in [-0.15, -0.1) is 11.3 Å². The number of ketones is 1. The molecule has 6 heteroatoms. The highest BCUT2D eigenvalue weighted by atomic mass is 32.1. The summed E-state index contributed by atoms with van der Waals surface area (Å²) in [4.78, 5) is 18.8. The van der Waals surface area contributed by atoms with Crippen molar-refractivity contribution in [1.29, 1.82) is 0 Å². The van der Waals surface area contributed by atoms with Crippen LogP contribution in [0.5, 0.6) is 0 Å². The molecule has 5 nitrogen and oxygen atoms in total. The zero-order valence-electron chi connectivity index (χ0n) is 17.9. The smallest absolute Gasteiger partial charge is 0.173 e. The summed E-state index contributed by atoms with van der Waals surface area (Å²) >= 11 is 1.70. The number of ether oxygens (including phenoxy) is 2. The number of hydrogen-bond donors (Lipinski definition) is 0. The number of morpholine rings is 2. The van der Waals surface area contributed by atoms with Crippen LogP contribution in [-0.4, -0.2) is 58.4 Å². The first kappa shape index (κ1) is 20.0. The predicted molar refractivity (Wildman–Crippen MR) is 122 cm³/mol. The van der Waals surface area contributed by atoms with E-state index in [1.54, 1.807) is 11.3 Å². The average molecular weight is 427 g/mol. The van der Waals surface area contributed by atoms with Gasteiger partial charge in [-0.2, -0.15) is 0 Å². The summed E-state index contributed by atoms with van der Waals surface area (Å²) in [7, 11) is 0. The molecule has 160 valence electrons. The normalized spacial score (nSPS) is 21.6. The zero-order valence-corrected chi connectivity index (χ0v) is 18.7. The molecule has 0 bridgehead atoms. The molecule has 3 aliphatic rings. The van der Waals surface area contributed by atoms with E-state index in [1.165, 1.54) is 27.4 Å². The summed E-state index contributed by atoms with van der Waals surface area (Å²) < 4.78 is 11.1. The van der Waals surface area contributed by atoms with Crippen molar-refractivity contribution in [3.05, 3.63) is 34.7 Å². The monoisotopic (exact) mass is 426 g/mol. The fourth-order valence-electron chi connectivity index (χ4n) is 4.87. The van der Waals surface area contributed by atoms with Crippen molar-refractivity contribution in [3.8, 4) is 11.1 Å². The molecule has 1 aromatic carbocycles. The predicted octanol–water partition coefficient (Wildman–Crippen LogP) is 4.24. The Morgan fingerprint density at radius 1 is 0.933 bits per heavy atom. The van der Waals surface area contributed by atoms with Crippen LogP contribution >= 0.6 is 11.3 Å². The highest BCUT2D eigenvalue weighted by molar-refractivity contribution is 7.19. The van der Waals surface area contributed by atoms with Crippen LogP contribution in [0.3, 0.4) is 0 Å². The molecule has 5 rings (SSSR count). The Bertz CT molecular complexity index is 940. The largest absolute Gasteiger partial charge is 0.378 e. The number of nitrogens with zero attached hydrogens (tertiary/aromatic N) is 2.